The summed E-state index contributed by atoms with van der Waals surface area (Å²) in [5.41, 5.74) is 3.55. The minimum atomic E-state index is 0.781. The molecule has 0 bridgehead atoms. The lowest BCUT2D eigenvalue weighted by Crippen LogP contribution is -2.25. The second-order valence-corrected chi connectivity index (χ2v) is 6.28. The van der Waals surface area contributed by atoms with Gasteiger partial charge in [-0.3, -0.25) is 5.01 Å². The molecule has 0 aliphatic rings. The van der Waals surface area contributed by atoms with Crippen LogP contribution in [-0.2, 0) is 14.1 Å². The van der Waals surface area contributed by atoms with Crippen molar-refractivity contribution in [2.45, 2.75) is 0 Å². The van der Waals surface area contributed by atoms with Gasteiger partial charge in [0.1, 0.15) is 5.69 Å². The molecule has 2 aromatic carbocycles. The molecule has 138 valence electrons. The highest BCUT2D eigenvalue weighted by atomic mass is 15.5. The number of imidazole rings is 1. The highest BCUT2D eigenvalue weighted by molar-refractivity contribution is 5.63. The summed E-state index contributed by atoms with van der Waals surface area (Å²) in [6.07, 6.45) is 3.88. The van der Waals surface area contributed by atoms with Crippen molar-refractivity contribution < 1.29 is 4.57 Å². The van der Waals surface area contributed by atoms with E-state index in [0.29, 0.717) is 0 Å². The van der Waals surface area contributed by atoms with Crippen LogP contribution in [0.15, 0.2) is 81.5 Å². The van der Waals surface area contributed by atoms with Gasteiger partial charge >= 0.3 is 5.95 Å². The molecule has 1 heterocycles. The summed E-state index contributed by atoms with van der Waals surface area (Å²) in [7, 11) is 7.55. The zero-order valence-corrected chi connectivity index (χ0v) is 15.9. The first-order chi connectivity index (χ1) is 13.0. The lowest BCUT2D eigenvalue weighted by molar-refractivity contribution is -0.657. The molecule has 0 fully saturated rings. The Labute approximate surface area is 158 Å². The van der Waals surface area contributed by atoms with Crippen molar-refractivity contribution in [3.8, 4) is 0 Å². The third-order valence-electron chi connectivity index (χ3n) is 3.76. The first kappa shape index (κ1) is 18.2. The normalized spacial score (nSPS) is 11.4. The van der Waals surface area contributed by atoms with Crippen LogP contribution in [0.5, 0.6) is 0 Å². The first-order valence-corrected chi connectivity index (χ1v) is 8.50. The van der Waals surface area contributed by atoms with Crippen molar-refractivity contribution in [2.75, 3.05) is 19.4 Å². The molecule has 0 saturated heterocycles. The number of nitrogens with zero attached hydrogens (tertiary/aromatic N) is 7. The predicted octanol–water partition coefficient (Wildman–Crippen LogP) is 4.57. The third-order valence-corrected chi connectivity index (χ3v) is 3.76. The molecule has 0 aliphatic heterocycles. The molecule has 3 aromatic rings. The molecule has 0 amide bonds. The lowest BCUT2D eigenvalue weighted by Gasteiger charge is -2.06. The Bertz CT molecular complexity index is 917. The summed E-state index contributed by atoms with van der Waals surface area (Å²) in [6.45, 7) is 0. The molecule has 0 unspecified atom stereocenters. The van der Waals surface area contributed by atoms with Gasteiger partial charge in [-0.1, -0.05) is 10.3 Å². The van der Waals surface area contributed by atoms with E-state index in [1.165, 1.54) is 0 Å². The summed E-state index contributed by atoms with van der Waals surface area (Å²) >= 11 is 0. The Hall–Kier alpha value is -3.55. The fraction of sp³-hybridized carbons (Fsp3) is 0.211. The van der Waals surface area contributed by atoms with Crippen LogP contribution in [0.1, 0.15) is 0 Å². The Balaban J connectivity index is 1.64. The summed E-state index contributed by atoms with van der Waals surface area (Å²) in [5.74, 6) is 0.781. The van der Waals surface area contributed by atoms with Crippen molar-refractivity contribution in [3.63, 3.8) is 0 Å². The maximum Gasteiger partial charge on any atom is 0.421 e. The number of hydrogen-bond donors (Lipinski definition) is 1. The van der Waals surface area contributed by atoms with Gasteiger partial charge in [-0.15, -0.1) is 5.11 Å². The van der Waals surface area contributed by atoms with Crippen molar-refractivity contribution in [1.29, 1.82) is 0 Å². The van der Waals surface area contributed by atoms with Crippen molar-refractivity contribution in [2.24, 2.45) is 34.7 Å². The summed E-state index contributed by atoms with van der Waals surface area (Å²) in [6, 6.07) is 15.6. The van der Waals surface area contributed by atoms with Crippen LogP contribution in [0, 0.1) is 0 Å². The summed E-state index contributed by atoms with van der Waals surface area (Å²) in [4.78, 5) is 0. The average molecular weight is 363 g/mol. The number of nitrogens with one attached hydrogen (secondary N) is 1. The Morgan fingerprint density at radius 1 is 0.852 bits per heavy atom. The molecule has 8 heteroatoms. The second-order valence-electron chi connectivity index (χ2n) is 6.28. The number of benzene rings is 2. The number of rotatable bonds is 6. The smallest absolute Gasteiger partial charge is 0.356 e. The zero-order chi connectivity index (χ0) is 19.2. The van der Waals surface area contributed by atoms with Gasteiger partial charge in [0.15, 0.2) is 0 Å². The Kier molecular flexibility index (Phi) is 5.55. The SMILES string of the molecule is CN(C)/N=N/c1ccc(Nc2ccc(/N=N/c3n(C)cc[n+]3C)cc2)cc1. The van der Waals surface area contributed by atoms with Gasteiger partial charge in [-0.05, 0) is 48.5 Å². The van der Waals surface area contributed by atoms with E-state index in [1.54, 1.807) is 5.01 Å². The standard InChI is InChI=1S/C19H22N8/c1-25(2)24-22-18-11-7-16(8-12-18)20-15-5-9-17(10-6-15)21-23-19-26(3)13-14-27(19)4/h5-14H,1-4H3/p+1/b24-22+. The highest BCUT2D eigenvalue weighted by Gasteiger charge is 2.10. The molecule has 1 aromatic heterocycles. The molecule has 27 heavy (non-hydrogen) atoms. The number of aryl methyl sites for hydroxylation is 2. The van der Waals surface area contributed by atoms with Gasteiger partial charge in [0.25, 0.3) is 0 Å². The van der Waals surface area contributed by atoms with E-state index in [-0.39, 0.29) is 0 Å². The molecule has 0 radical (unpaired) electrons. The molecule has 0 spiro atoms. The monoisotopic (exact) mass is 363 g/mol. The van der Waals surface area contributed by atoms with E-state index in [4.69, 9.17) is 0 Å². The zero-order valence-electron chi connectivity index (χ0n) is 15.9. The van der Waals surface area contributed by atoms with Crippen LogP contribution in [0.2, 0.25) is 0 Å². The molecule has 3 rings (SSSR count). The molecule has 8 nitrogen and oxygen atoms in total. The quantitative estimate of drug-likeness (QED) is 0.396. The van der Waals surface area contributed by atoms with Gasteiger partial charge in [0.2, 0.25) is 0 Å². The van der Waals surface area contributed by atoms with Crippen LogP contribution in [0.4, 0.5) is 28.7 Å². The maximum atomic E-state index is 4.30. The van der Waals surface area contributed by atoms with Crippen LogP contribution >= 0.6 is 0 Å². The van der Waals surface area contributed by atoms with Crippen LogP contribution in [0.25, 0.3) is 0 Å². The Morgan fingerprint density at radius 3 is 1.89 bits per heavy atom. The van der Waals surface area contributed by atoms with Crippen molar-refractivity contribution in [3.05, 3.63) is 60.9 Å². The maximum absolute atomic E-state index is 4.30. The lowest BCUT2D eigenvalue weighted by atomic mass is 10.2. The van der Waals surface area contributed by atoms with Crippen molar-refractivity contribution >= 4 is 28.7 Å². The minimum Gasteiger partial charge on any atom is -0.356 e. The summed E-state index contributed by atoms with van der Waals surface area (Å²) in [5, 5.41) is 21.7. The predicted molar refractivity (Wildman–Crippen MR) is 105 cm³/mol. The van der Waals surface area contributed by atoms with Gasteiger partial charge in [0.05, 0.1) is 32.2 Å². The van der Waals surface area contributed by atoms with Gasteiger partial charge in [0, 0.05) is 30.6 Å². The molecule has 0 saturated carbocycles. The number of hydrogen-bond acceptors (Lipinski definition) is 5. The Morgan fingerprint density at radius 2 is 1.41 bits per heavy atom. The van der Waals surface area contributed by atoms with Crippen molar-refractivity contribution in [1.82, 2.24) is 9.58 Å². The summed E-state index contributed by atoms with van der Waals surface area (Å²) < 4.78 is 3.84. The van der Waals surface area contributed by atoms with E-state index in [9.17, 15) is 0 Å². The third kappa shape index (κ3) is 4.97. The van der Waals surface area contributed by atoms with Gasteiger partial charge < -0.3 is 5.32 Å². The topological polar surface area (TPSA) is 73.5 Å². The molecule has 1 N–H and O–H groups in total. The van der Waals surface area contributed by atoms with Crippen LogP contribution in [-0.4, -0.2) is 23.7 Å². The van der Waals surface area contributed by atoms with Crippen LogP contribution in [0.3, 0.4) is 0 Å². The number of azo groups is 1. The van der Waals surface area contributed by atoms with E-state index in [2.05, 4.69) is 25.9 Å². The fourth-order valence-corrected chi connectivity index (χ4v) is 2.36. The van der Waals surface area contributed by atoms with Crippen LogP contribution < -0.4 is 9.88 Å². The van der Waals surface area contributed by atoms with E-state index >= 15 is 0 Å². The van der Waals surface area contributed by atoms with Gasteiger partial charge in [-0.25, -0.2) is 9.13 Å². The fourth-order valence-electron chi connectivity index (χ4n) is 2.36. The number of aromatic nitrogens is 2. The van der Waals surface area contributed by atoms with Gasteiger partial charge in [-0.2, -0.15) is 0 Å². The van der Waals surface area contributed by atoms with E-state index < -0.39 is 0 Å². The molecule has 0 aliphatic carbocycles. The number of anilines is 2. The van der Waals surface area contributed by atoms with E-state index in [1.807, 2.05) is 98.2 Å². The second kappa shape index (κ2) is 8.22. The molecular formula is C19H23N8+. The minimum absolute atomic E-state index is 0.781. The van der Waals surface area contributed by atoms with E-state index in [0.717, 1.165) is 28.7 Å². The highest BCUT2D eigenvalue weighted by Crippen LogP contribution is 2.23. The first-order valence-electron chi connectivity index (χ1n) is 8.50. The molecular weight excluding hydrogens is 340 g/mol. The largest absolute Gasteiger partial charge is 0.421 e. The average Bonchev–Trinajstić information content (AvgIpc) is 2.98. The molecule has 0 atom stereocenters.